The van der Waals surface area contributed by atoms with E-state index in [1.165, 1.54) is 12.0 Å². The minimum Gasteiger partial charge on any atom is -0.127 e. The third kappa shape index (κ3) is 33.2. The van der Waals surface area contributed by atoms with Gasteiger partial charge in [0.15, 0.2) is 0 Å². The van der Waals surface area contributed by atoms with Crippen LogP contribution in [0.4, 0.5) is 0 Å². The summed E-state index contributed by atoms with van der Waals surface area (Å²) in [6.07, 6.45) is 2.37. The summed E-state index contributed by atoms with van der Waals surface area (Å²) in [5.41, 5.74) is 1.22. The van der Waals surface area contributed by atoms with Crippen molar-refractivity contribution in [3.05, 3.63) is 12.1 Å². The van der Waals surface area contributed by atoms with Gasteiger partial charge in [0.25, 0.3) is 0 Å². The van der Waals surface area contributed by atoms with Gasteiger partial charge in [-0.05, 0) is 12.0 Å². The number of hydrogen-bond acceptors (Lipinski definition) is 0. The van der Waals surface area contributed by atoms with Crippen molar-refractivity contribution in [3.63, 3.8) is 0 Å². The Bertz CT molecular complexity index is 33.5. The first-order valence-electron chi connectivity index (χ1n) is 2.60. The maximum atomic E-state index is 5.30. The molecule has 0 unspecified atom stereocenters. The van der Waals surface area contributed by atoms with Gasteiger partial charge in [0.05, 0.1) is 0 Å². The maximum absolute atomic E-state index is 5.30. The molecule has 0 atom stereocenters. The quantitative estimate of drug-likeness (QED) is 0.536. The van der Waals surface area contributed by atoms with Crippen LogP contribution in [0.3, 0.4) is 0 Å². The minimum atomic E-state index is 0.816. The molecule has 0 spiro atoms. The molecule has 0 amide bonds. The SMILES string of the molecule is C=CCl.CCCCCl. The second kappa shape index (κ2) is 15.7. The molecule has 0 aliphatic rings. The summed E-state index contributed by atoms with van der Waals surface area (Å²) in [7, 11) is 0. The Hall–Kier alpha value is 0.320. The molecular formula is C6H12Cl2. The van der Waals surface area contributed by atoms with Gasteiger partial charge in [0, 0.05) is 5.88 Å². The van der Waals surface area contributed by atoms with E-state index in [0.29, 0.717) is 0 Å². The summed E-state index contributed by atoms with van der Waals surface area (Å²) in [4.78, 5) is 0. The van der Waals surface area contributed by atoms with E-state index in [1.807, 2.05) is 0 Å². The predicted octanol–water partition coefficient (Wildman–Crippen LogP) is 3.39. The van der Waals surface area contributed by atoms with E-state index in [1.54, 1.807) is 0 Å². The van der Waals surface area contributed by atoms with Crippen LogP contribution >= 0.6 is 23.2 Å². The second-order valence-electron chi connectivity index (χ2n) is 1.20. The van der Waals surface area contributed by atoms with Crippen molar-refractivity contribution in [1.82, 2.24) is 0 Å². The number of unbranched alkanes of at least 4 members (excludes halogenated alkanes) is 1. The molecule has 0 aromatic rings. The highest BCUT2D eigenvalue weighted by atomic mass is 35.5. The standard InChI is InChI=1S/C4H9Cl.C2H3Cl/c1-2-3-4-5;1-2-3/h2-4H2,1H3;2H,1H2. The average molecular weight is 155 g/mol. The van der Waals surface area contributed by atoms with E-state index in [-0.39, 0.29) is 0 Å². The van der Waals surface area contributed by atoms with Gasteiger partial charge >= 0.3 is 0 Å². The van der Waals surface area contributed by atoms with Gasteiger partial charge in [-0.15, -0.1) is 11.6 Å². The lowest BCUT2D eigenvalue weighted by Crippen LogP contribution is -1.65. The molecule has 0 aromatic heterocycles. The average Bonchev–Trinajstić information content (AvgIpc) is 1.71. The third-order valence-electron chi connectivity index (χ3n) is 0.487. The molecule has 0 aliphatic heterocycles. The lowest BCUT2D eigenvalue weighted by Gasteiger charge is -1.77. The van der Waals surface area contributed by atoms with E-state index >= 15 is 0 Å². The van der Waals surface area contributed by atoms with Gasteiger partial charge in [-0.3, -0.25) is 0 Å². The van der Waals surface area contributed by atoms with Crippen molar-refractivity contribution in [2.45, 2.75) is 19.8 Å². The second-order valence-corrected chi connectivity index (χ2v) is 1.88. The maximum Gasteiger partial charge on any atom is 0.0223 e. The first-order chi connectivity index (χ1) is 3.83. The van der Waals surface area contributed by atoms with Gasteiger partial charge in [-0.25, -0.2) is 0 Å². The first kappa shape index (κ1) is 11.2. The number of hydrogen-bond donors (Lipinski definition) is 0. The fourth-order valence-corrected chi connectivity index (χ4v) is 0.401. The van der Waals surface area contributed by atoms with Crippen molar-refractivity contribution in [2.24, 2.45) is 0 Å². The summed E-state index contributed by atoms with van der Waals surface area (Å²) in [5, 5.41) is 0. The molecule has 0 heterocycles. The fourth-order valence-electron chi connectivity index (χ4n) is 0.134. The van der Waals surface area contributed by atoms with Crippen LogP contribution in [-0.4, -0.2) is 5.88 Å². The summed E-state index contributed by atoms with van der Waals surface area (Å²) in [6, 6.07) is 0. The van der Waals surface area contributed by atoms with Crippen molar-refractivity contribution < 1.29 is 0 Å². The van der Waals surface area contributed by atoms with Crippen LogP contribution in [0.15, 0.2) is 12.1 Å². The van der Waals surface area contributed by atoms with Gasteiger partial charge < -0.3 is 0 Å². The molecule has 0 rings (SSSR count). The topological polar surface area (TPSA) is 0 Å². The van der Waals surface area contributed by atoms with Crippen molar-refractivity contribution in [3.8, 4) is 0 Å². The Kier molecular flexibility index (Phi) is 21.9. The zero-order valence-corrected chi connectivity index (χ0v) is 6.67. The summed E-state index contributed by atoms with van der Waals surface area (Å²) >= 11 is 10.1. The van der Waals surface area contributed by atoms with Crippen LogP contribution in [0.5, 0.6) is 0 Å². The number of rotatable bonds is 2. The van der Waals surface area contributed by atoms with Crippen molar-refractivity contribution in [2.75, 3.05) is 5.88 Å². The monoisotopic (exact) mass is 154 g/mol. The largest absolute Gasteiger partial charge is 0.127 e. The van der Waals surface area contributed by atoms with E-state index in [4.69, 9.17) is 23.2 Å². The van der Waals surface area contributed by atoms with Crippen molar-refractivity contribution >= 4 is 23.2 Å². The first-order valence-corrected chi connectivity index (χ1v) is 3.57. The Morgan fingerprint density at radius 1 is 1.62 bits per heavy atom. The van der Waals surface area contributed by atoms with Crippen LogP contribution in [0, 0.1) is 0 Å². The highest BCUT2D eigenvalue weighted by molar-refractivity contribution is 6.25. The third-order valence-corrected chi connectivity index (χ3v) is 0.754. The van der Waals surface area contributed by atoms with Crippen molar-refractivity contribution in [1.29, 1.82) is 0 Å². The lowest BCUT2D eigenvalue weighted by atomic mass is 10.4. The number of halogens is 2. The van der Waals surface area contributed by atoms with Crippen LogP contribution in [0.25, 0.3) is 0 Å². The van der Waals surface area contributed by atoms with Gasteiger partial charge in [-0.2, -0.15) is 0 Å². The van der Waals surface area contributed by atoms with E-state index in [9.17, 15) is 0 Å². The summed E-state index contributed by atoms with van der Waals surface area (Å²) in [5.74, 6) is 0.816. The molecular weight excluding hydrogens is 143 g/mol. The fraction of sp³-hybridized carbons (Fsp3) is 0.667. The highest BCUT2D eigenvalue weighted by Gasteiger charge is 1.70. The molecule has 0 aromatic carbocycles. The molecule has 0 N–H and O–H groups in total. The van der Waals surface area contributed by atoms with E-state index in [0.717, 1.165) is 12.3 Å². The molecule has 0 fully saturated rings. The molecule has 0 bridgehead atoms. The van der Waals surface area contributed by atoms with Crippen LogP contribution in [0.2, 0.25) is 0 Å². The lowest BCUT2D eigenvalue weighted by molar-refractivity contribution is 0.892. The normalized spacial score (nSPS) is 6.88. The smallest absolute Gasteiger partial charge is 0.0223 e. The minimum absolute atomic E-state index is 0.816. The molecule has 0 saturated carbocycles. The predicted molar refractivity (Wildman–Crippen MR) is 41.7 cm³/mol. The molecule has 50 valence electrons. The molecule has 0 aliphatic carbocycles. The van der Waals surface area contributed by atoms with Crippen LogP contribution < -0.4 is 0 Å². The Labute approximate surface area is 61.5 Å². The molecule has 8 heavy (non-hydrogen) atoms. The van der Waals surface area contributed by atoms with Crippen LogP contribution in [-0.2, 0) is 0 Å². The van der Waals surface area contributed by atoms with Crippen LogP contribution in [0.1, 0.15) is 19.8 Å². The zero-order chi connectivity index (χ0) is 6.83. The zero-order valence-electron chi connectivity index (χ0n) is 5.16. The number of alkyl halides is 1. The Morgan fingerprint density at radius 3 is 2.00 bits per heavy atom. The summed E-state index contributed by atoms with van der Waals surface area (Å²) in [6.45, 7) is 5.25. The van der Waals surface area contributed by atoms with Gasteiger partial charge in [0.1, 0.15) is 0 Å². The van der Waals surface area contributed by atoms with Gasteiger partial charge in [-0.1, -0.05) is 31.5 Å². The van der Waals surface area contributed by atoms with Gasteiger partial charge in [0.2, 0.25) is 0 Å². The summed E-state index contributed by atoms with van der Waals surface area (Å²) < 4.78 is 0. The highest BCUT2D eigenvalue weighted by Crippen LogP contribution is 1.86. The van der Waals surface area contributed by atoms with E-state index in [2.05, 4.69) is 13.5 Å². The molecule has 0 radical (unpaired) electrons. The molecule has 0 nitrogen and oxygen atoms in total. The molecule has 0 saturated heterocycles. The Balaban J connectivity index is 0. The van der Waals surface area contributed by atoms with E-state index < -0.39 is 0 Å². The Morgan fingerprint density at radius 2 is 2.00 bits per heavy atom. The molecule has 2 heteroatoms.